The van der Waals surface area contributed by atoms with Crippen molar-refractivity contribution in [3.05, 3.63) is 30.3 Å². The molecule has 112 valence electrons. The zero-order chi connectivity index (χ0) is 14.3. The van der Waals surface area contributed by atoms with Crippen molar-refractivity contribution in [3.63, 3.8) is 0 Å². The molecule has 0 bridgehead atoms. The predicted molar refractivity (Wildman–Crippen MR) is 84.3 cm³/mol. The first-order valence-corrected chi connectivity index (χ1v) is 8.43. The highest BCUT2D eigenvalue weighted by Crippen LogP contribution is 2.45. The Kier molecular flexibility index (Phi) is 3.16. The standard InChI is InChI=1S/C18H24N2O/c21-17(20-14-12-18(20)10-4-5-11-18)16-9-6-13-19(16)15-7-2-1-3-8-15/h1-3,7-8,16H,4-6,9-14H2. The molecule has 2 heterocycles. The number of anilines is 1. The molecule has 1 aliphatic carbocycles. The molecule has 3 nitrogen and oxygen atoms in total. The monoisotopic (exact) mass is 284 g/mol. The van der Waals surface area contributed by atoms with Gasteiger partial charge in [-0.3, -0.25) is 4.79 Å². The summed E-state index contributed by atoms with van der Waals surface area (Å²) in [6, 6.07) is 10.5. The van der Waals surface area contributed by atoms with E-state index in [1.165, 1.54) is 37.8 Å². The Morgan fingerprint density at radius 3 is 2.43 bits per heavy atom. The first kappa shape index (κ1) is 13.2. The zero-order valence-corrected chi connectivity index (χ0v) is 12.6. The van der Waals surface area contributed by atoms with E-state index in [0.717, 1.165) is 25.9 Å². The molecular weight excluding hydrogens is 260 g/mol. The Labute approximate surface area is 126 Å². The van der Waals surface area contributed by atoms with Crippen LogP contribution in [0, 0.1) is 0 Å². The van der Waals surface area contributed by atoms with E-state index in [2.05, 4.69) is 34.1 Å². The number of hydrogen-bond acceptors (Lipinski definition) is 2. The van der Waals surface area contributed by atoms with E-state index in [0.29, 0.717) is 5.91 Å². The summed E-state index contributed by atoms with van der Waals surface area (Å²) in [6.45, 7) is 2.00. The third kappa shape index (κ3) is 2.05. The topological polar surface area (TPSA) is 23.6 Å². The predicted octanol–water partition coefficient (Wildman–Crippen LogP) is 3.20. The van der Waals surface area contributed by atoms with E-state index in [4.69, 9.17) is 0 Å². The van der Waals surface area contributed by atoms with Gasteiger partial charge in [-0.25, -0.2) is 0 Å². The molecule has 1 aromatic rings. The molecule has 0 aromatic heterocycles. The molecule has 0 radical (unpaired) electrons. The third-order valence-electron chi connectivity index (χ3n) is 5.80. The maximum atomic E-state index is 13.1. The Hall–Kier alpha value is -1.51. The van der Waals surface area contributed by atoms with Crippen molar-refractivity contribution in [2.24, 2.45) is 0 Å². The average molecular weight is 284 g/mol. The molecule has 1 aromatic carbocycles. The van der Waals surface area contributed by atoms with Gasteiger partial charge in [0, 0.05) is 24.3 Å². The molecule has 3 aliphatic rings. The summed E-state index contributed by atoms with van der Waals surface area (Å²) in [7, 11) is 0. The third-order valence-corrected chi connectivity index (χ3v) is 5.80. The summed E-state index contributed by atoms with van der Waals surface area (Å²) >= 11 is 0. The lowest BCUT2D eigenvalue weighted by molar-refractivity contribution is -0.148. The van der Waals surface area contributed by atoms with Crippen LogP contribution in [-0.4, -0.2) is 35.5 Å². The van der Waals surface area contributed by atoms with Gasteiger partial charge in [0.2, 0.25) is 5.91 Å². The normalized spacial score (nSPS) is 27.1. The van der Waals surface area contributed by atoms with Crippen LogP contribution in [0.3, 0.4) is 0 Å². The SMILES string of the molecule is O=C(C1CCCN1c1ccccc1)N1CCC12CCCC2. The molecule has 3 fully saturated rings. The second-order valence-electron chi connectivity index (χ2n) is 6.86. The fourth-order valence-corrected chi connectivity index (χ4v) is 4.57. The summed E-state index contributed by atoms with van der Waals surface area (Å²) in [5.74, 6) is 0.393. The molecule has 1 amide bonds. The maximum absolute atomic E-state index is 13.1. The van der Waals surface area contributed by atoms with Gasteiger partial charge in [-0.2, -0.15) is 0 Å². The van der Waals surface area contributed by atoms with Gasteiger partial charge in [0.25, 0.3) is 0 Å². The van der Waals surface area contributed by atoms with Crippen molar-refractivity contribution in [1.82, 2.24) is 4.90 Å². The number of amides is 1. The van der Waals surface area contributed by atoms with Crippen LogP contribution in [0.4, 0.5) is 5.69 Å². The minimum absolute atomic E-state index is 0.0742. The van der Waals surface area contributed by atoms with Crippen LogP contribution in [0.25, 0.3) is 0 Å². The molecule has 1 saturated carbocycles. The molecule has 1 unspecified atom stereocenters. The largest absolute Gasteiger partial charge is 0.360 e. The molecule has 1 spiro atoms. The number of likely N-dealkylation sites (tertiary alicyclic amines) is 1. The Morgan fingerprint density at radius 1 is 1.00 bits per heavy atom. The second-order valence-corrected chi connectivity index (χ2v) is 6.86. The number of rotatable bonds is 2. The molecule has 1 atom stereocenters. The van der Waals surface area contributed by atoms with Gasteiger partial charge in [-0.05, 0) is 44.2 Å². The minimum Gasteiger partial charge on any atom is -0.360 e. The summed E-state index contributed by atoms with van der Waals surface area (Å²) in [6.07, 6.45) is 8.45. The van der Waals surface area contributed by atoms with Crippen LogP contribution < -0.4 is 4.90 Å². The zero-order valence-electron chi connectivity index (χ0n) is 12.6. The molecule has 4 rings (SSSR count). The maximum Gasteiger partial charge on any atom is 0.245 e. The lowest BCUT2D eigenvalue weighted by atomic mass is 9.82. The Balaban J connectivity index is 1.54. The highest BCUT2D eigenvalue weighted by Gasteiger charge is 2.51. The van der Waals surface area contributed by atoms with Gasteiger partial charge in [-0.15, -0.1) is 0 Å². The Bertz CT molecular complexity index is 521. The van der Waals surface area contributed by atoms with Crippen LogP contribution in [0.2, 0.25) is 0 Å². The van der Waals surface area contributed by atoms with Gasteiger partial charge >= 0.3 is 0 Å². The highest BCUT2D eigenvalue weighted by atomic mass is 16.2. The van der Waals surface area contributed by atoms with E-state index in [1.54, 1.807) is 0 Å². The summed E-state index contributed by atoms with van der Waals surface area (Å²) in [5.41, 5.74) is 1.46. The van der Waals surface area contributed by atoms with Crippen LogP contribution in [0.5, 0.6) is 0 Å². The van der Waals surface area contributed by atoms with Gasteiger partial charge < -0.3 is 9.80 Å². The first-order chi connectivity index (χ1) is 10.3. The fourth-order valence-electron chi connectivity index (χ4n) is 4.57. The number of carbonyl (C=O) groups is 1. The van der Waals surface area contributed by atoms with Crippen molar-refractivity contribution in [3.8, 4) is 0 Å². The van der Waals surface area contributed by atoms with Gasteiger partial charge in [0.15, 0.2) is 0 Å². The lowest BCUT2D eigenvalue weighted by Gasteiger charge is -2.52. The van der Waals surface area contributed by atoms with Crippen molar-refractivity contribution in [2.75, 3.05) is 18.0 Å². The van der Waals surface area contributed by atoms with Crippen molar-refractivity contribution in [1.29, 1.82) is 0 Å². The molecule has 0 N–H and O–H groups in total. The Morgan fingerprint density at radius 2 is 1.76 bits per heavy atom. The minimum atomic E-state index is 0.0742. The van der Waals surface area contributed by atoms with Gasteiger partial charge in [-0.1, -0.05) is 31.0 Å². The molecule has 21 heavy (non-hydrogen) atoms. The fraction of sp³-hybridized carbons (Fsp3) is 0.611. The average Bonchev–Trinajstić information content (AvgIpc) is 3.17. The quantitative estimate of drug-likeness (QED) is 0.832. The second kappa shape index (κ2) is 5.04. The number of para-hydroxylation sites is 1. The van der Waals surface area contributed by atoms with E-state index in [9.17, 15) is 4.79 Å². The van der Waals surface area contributed by atoms with Crippen LogP contribution in [0.15, 0.2) is 30.3 Å². The van der Waals surface area contributed by atoms with Gasteiger partial charge in [0.1, 0.15) is 6.04 Å². The highest BCUT2D eigenvalue weighted by molar-refractivity contribution is 5.87. The first-order valence-electron chi connectivity index (χ1n) is 8.43. The van der Waals surface area contributed by atoms with E-state index >= 15 is 0 Å². The van der Waals surface area contributed by atoms with E-state index < -0.39 is 0 Å². The summed E-state index contributed by atoms with van der Waals surface area (Å²) in [4.78, 5) is 17.6. The number of carbonyl (C=O) groups excluding carboxylic acids is 1. The molecular formula is C18H24N2O. The molecule has 3 heteroatoms. The molecule has 2 aliphatic heterocycles. The van der Waals surface area contributed by atoms with Gasteiger partial charge in [0.05, 0.1) is 0 Å². The van der Waals surface area contributed by atoms with Crippen molar-refractivity contribution < 1.29 is 4.79 Å². The van der Waals surface area contributed by atoms with Crippen molar-refractivity contribution in [2.45, 2.75) is 56.5 Å². The van der Waals surface area contributed by atoms with Crippen LogP contribution in [-0.2, 0) is 4.79 Å². The number of benzene rings is 1. The molecule has 2 saturated heterocycles. The summed E-state index contributed by atoms with van der Waals surface area (Å²) in [5, 5.41) is 0. The number of nitrogens with zero attached hydrogens (tertiary/aromatic N) is 2. The van der Waals surface area contributed by atoms with Crippen LogP contribution in [0.1, 0.15) is 44.9 Å². The van der Waals surface area contributed by atoms with Crippen molar-refractivity contribution >= 4 is 11.6 Å². The lowest BCUT2D eigenvalue weighted by Crippen LogP contribution is -2.64. The summed E-state index contributed by atoms with van der Waals surface area (Å²) < 4.78 is 0. The van der Waals surface area contributed by atoms with E-state index in [-0.39, 0.29) is 11.6 Å². The van der Waals surface area contributed by atoms with Crippen LogP contribution >= 0.6 is 0 Å². The number of hydrogen-bond donors (Lipinski definition) is 0. The van der Waals surface area contributed by atoms with E-state index in [1.807, 2.05) is 6.07 Å². The smallest absolute Gasteiger partial charge is 0.245 e.